The van der Waals surface area contributed by atoms with Crippen molar-refractivity contribution in [2.24, 2.45) is 5.73 Å². The largest absolute Gasteiger partial charge is 0.462 e. The molecule has 2 aliphatic heterocycles. The molecule has 1 aromatic carbocycles. The third-order valence-electron chi connectivity index (χ3n) is 5.79. The lowest BCUT2D eigenvalue weighted by Gasteiger charge is -2.36. The van der Waals surface area contributed by atoms with E-state index in [9.17, 15) is 19.2 Å². The predicted molar refractivity (Wildman–Crippen MR) is 126 cm³/mol. The van der Waals surface area contributed by atoms with Gasteiger partial charge in [0.2, 0.25) is 5.88 Å². The molecule has 11 nitrogen and oxygen atoms in total. The molecule has 36 heavy (non-hydrogen) atoms. The molecule has 1 aromatic rings. The molecule has 1 atom stereocenters. The smallest absolute Gasteiger partial charge is 0.421 e. The van der Waals surface area contributed by atoms with Crippen molar-refractivity contribution in [3.8, 4) is 0 Å². The predicted octanol–water partition coefficient (Wildman–Crippen LogP) is 2.43. The highest BCUT2D eigenvalue weighted by Gasteiger charge is 2.65. The molecule has 0 radical (unpaired) electrons. The van der Waals surface area contributed by atoms with Crippen LogP contribution in [0, 0.1) is 0 Å². The number of nitrogens with zero attached hydrogens (tertiary/aromatic N) is 1. The van der Waals surface area contributed by atoms with Gasteiger partial charge in [0.05, 0.1) is 25.5 Å². The zero-order valence-electron chi connectivity index (χ0n) is 20.8. The van der Waals surface area contributed by atoms with Crippen LogP contribution in [-0.2, 0) is 43.5 Å². The number of rotatable bonds is 9. The van der Waals surface area contributed by atoms with E-state index < -0.39 is 40.8 Å². The molecule has 0 fully saturated rings. The molecular weight excluding hydrogens is 472 g/mol. The number of unbranched alkanes of at least 4 members (excludes halogenated alkanes) is 1. The molecular formula is C25H30N2O9. The lowest BCUT2D eigenvalue weighted by atomic mass is 9.67. The molecule has 0 saturated carbocycles. The topological polar surface area (TPSA) is 144 Å². The number of nitrogens with two attached hydrogens (primary N) is 1. The number of esters is 2. The molecule has 0 bridgehead atoms. The first kappa shape index (κ1) is 26.7. The second-order valence-electron chi connectivity index (χ2n) is 8.00. The van der Waals surface area contributed by atoms with E-state index in [1.54, 1.807) is 19.1 Å². The first-order chi connectivity index (χ1) is 17.3. The van der Waals surface area contributed by atoms with Crippen molar-refractivity contribution < 1.29 is 42.9 Å². The lowest BCUT2D eigenvalue weighted by molar-refractivity contribution is -0.144. The van der Waals surface area contributed by atoms with Crippen LogP contribution in [0.1, 0.15) is 39.2 Å². The quantitative estimate of drug-likeness (QED) is 0.304. The average Bonchev–Trinajstić information content (AvgIpc) is 3.08. The summed E-state index contributed by atoms with van der Waals surface area (Å²) < 4.78 is 26.4. The maximum atomic E-state index is 14.2. The first-order valence-electron chi connectivity index (χ1n) is 11.6. The number of anilines is 1. The van der Waals surface area contributed by atoms with E-state index in [1.165, 1.54) is 26.2 Å². The van der Waals surface area contributed by atoms with Gasteiger partial charge >= 0.3 is 18.0 Å². The van der Waals surface area contributed by atoms with Crippen molar-refractivity contribution >= 4 is 29.6 Å². The van der Waals surface area contributed by atoms with E-state index in [-0.39, 0.29) is 49.0 Å². The van der Waals surface area contributed by atoms with Gasteiger partial charge in [-0.2, -0.15) is 0 Å². The van der Waals surface area contributed by atoms with Gasteiger partial charge in [-0.3, -0.25) is 4.79 Å². The van der Waals surface area contributed by atoms with Gasteiger partial charge in [0.15, 0.2) is 0 Å². The highest BCUT2D eigenvalue weighted by atomic mass is 16.6. The minimum absolute atomic E-state index is 0.00836. The molecule has 1 spiro atoms. The van der Waals surface area contributed by atoms with E-state index in [0.29, 0.717) is 6.42 Å². The normalized spacial score (nSPS) is 18.8. The molecule has 1 unspecified atom stereocenters. The number of fused-ring (bicyclic) bond motifs is 2. The molecule has 2 amide bonds. The Morgan fingerprint density at radius 1 is 1.00 bits per heavy atom. The van der Waals surface area contributed by atoms with Gasteiger partial charge in [0.1, 0.15) is 28.9 Å². The number of carbonyl (C=O) groups is 4. The molecule has 0 aromatic heterocycles. The van der Waals surface area contributed by atoms with Gasteiger partial charge in [0.25, 0.3) is 5.91 Å². The van der Waals surface area contributed by atoms with E-state index in [2.05, 4.69) is 0 Å². The van der Waals surface area contributed by atoms with Crippen molar-refractivity contribution in [1.82, 2.24) is 0 Å². The number of amides is 2. The van der Waals surface area contributed by atoms with Crippen molar-refractivity contribution in [1.29, 1.82) is 0 Å². The first-order valence-corrected chi connectivity index (χ1v) is 11.6. The van der Waals surface area contributed by atoms with Crippen molar-refractivity contribution in [2.45, 2.75) is 39.0 Å². The van der Waals surface area contributed by atoms with E-state index in [0.717, 1.165) is 11.3 Å². The van der Waals surface area contributed by atoms with Crippen LogP contribution in [0.4, 0.5) is 10.5 Å². The summed E-state index contributed by atoms with van der Waals surface area (Å²) in [4.78, 5) is 54.8. The van der Waals surface area contributed by atoms with Gasteiger partial charge < -0.3 is 29.4 Å². The number of ether oxygens (including phenoxy) is 5. The van der Waals surface area contributed by atoms with Crippen LogP contribution in [-0.4, -0.2) is 57.5 Å². The molecule has 194 valence electrons. The van der Waals surface area contributed by atoms with Gasteiger partial charge in [-0.15, -0.1) is 0 Å². The molecule has 2 aliphatic rings. The third-order valence-corrected chi connectivity index (χ3v) is 5.79. The molecule has 2 heterocycles. The third kappa shape index (κ3) is 4.41. The number of benzene rings is 1. The molecule has 3 rings (SSSR count). The summed E-state index contributed by atoms with van der Waals surface area (Å²) in [6.07, 6.45) is 0.339. The molecule has 0 saturated heterocycles. The van der Waals surface area contributed by atoms with E-state index in [1.807, 2.05) is 6.92 Å². The SMILES string of the molecule is CCCCOC(=O)C1=C(N)OC(C)=C(C(=O)OCCOC)C12C(=O)N(C(=O)OCC)c1ccccc12. The fourth-order valence-corrected chi connectivity index (χ4v) is 4.29. The van der Waals surface area contributed by atoms with Crippen LogP contribution < -0.4 is 10.6 Å². The number of hydrogen-bond acceptors (Lipinski definition) is 10. The Morgan fingerprint density at radius 2 is 1.67 bits per heavy atom. The Labute approximate surface area is 208 Å². The zero-order chi connectivity index (χ0) is 26.5. The van der Waals surface area contributed by atoms with E-state index >= 15 is 0 Å². The molecule has 0 aliphatic carbocycles. The second-order valence-corrected chi connectivity index (χ2v) is 8.00. The highest BCUT2D eigenvalue weighted by Crippen LogP contribution is 2.54. The Kier molecular flexibility index (Phi) is 8.36. The molecule has 2 N–H and O–H groups in total. The number of hydrogen-bond donors (Lipinski definition) is 1. The van der Waals surface area contributed by atoms with Crippen LogP contribution in [0.3, 0.4) is 0 Å². The van der Waals surface area contributed by atoms with Crippen molar-refractivity contribution in [3.05, 3.63) is 52.6 Å². The number of imide groups is 1. The fraction of sp³-hybridized carbons (Fsp3) is 0.440. The summed E-state index contributed by atoms with van der Waals surface area (Å²) in [7, 11) is 1.44. The zero-order valence-corrected chi connectivity index (χ0v) is 20.8. The van der Waals surface area contributed by atoms with Crippen LogP contribution >= 0.6 is 0 Å². The fourth-order valence-electron chi connectivity index (χ4n) is 4.29. The number of methoxy groups -OCH3 is 1. The monoisotopic (exact) mass is 502 g/mol. The molecule has 11 heteroatoms. The van der Waals surface area contributed by atoms with Crippen LogP contribution in [0.5, 0.6) is 0 Å². The van der Waals surface area contributed by atoms with Gasteiger partial charge in [-0.1, -0.05) is 31.5 Å². The summed E-state index contributed by atoms with van der Waals surface area (Å²) in [6.45, 7) is 4.93. The minimum Gasteiger partial charge on any atom is -0.462 e. The Balaban J connectivity index is 2.29. The summed E-state index contributed by atoms with van der Waals surface area (Å²) >= 11 is 0. The summed E-state index contributed by atoms with van der Waals surface area (Å²) in [5.74, 6) is -3.31. The number of carbonyl (C=O) groups excluding carboxylic acids is 4. The Morgan fingerprint density at radius 3 is 2.33 bits per heavy atom. The van der Waals surface area contributed by atoms with Gasteiger partial charge in [-0.05, 0) is 26.3 Å². The highest BCUT2D eigenvalue weighted by molar-refractivity contribution is 6.29. The maximum absolute atomic E-state index is 14.2. The maximum Gasteiger partial charge on any atom is 0.421 e. The number of allylic oxidation sites excluding steroid dienone is 1. The van der Waals surface area contributed by atoms with E-state index in [4.69, 9.17) is 29.4 Å². The second kappa shape index (κ2) is 11.3. The summed E-state index contributed by atoms with van der Waals surface area (Å²) in [5.41, 5.74) is 3.60. The Hall–Kier alpha value is -3.86. The van der Waals surface area contributed by atoms with Crippen molar-refractivity contribution in [2.75, 3.05) is 38.4 Å². The lowest BCUT2D eigenvalue weighted by Crippen LogP contribution is -2.52. The minimum atomic E-state index is -2.16. The van der Waals surface area contributed by atoms with Gasteiger partial charge in [0, 0.05) is 12.7 Å². The van der Waals surface area contributed by atoms with Crippen molar-refractivity contribution in [3.63, 3.8) is 0 Å². The Bertz CT molecular complexity index is 1080. The summed E-state index contributed by atoms with van der Waals surface area (Å²) in [6, 6.07) is 6.25. The average molecular weight is 503 g/mol. The summed E-state index contributed by atoms with van der Waals surface area (Å²) in [5, 5.41) is 0. The van der Waals surface area contributed by atoms with Crippen LogP contribution in [0.15, 0.2) is 47.1 Å². The standard InChI is InChI=1S/C25H30N2O9/c1-5-7-12-34-22(29)19-20(26)36-15(3)18(21(28)35-14-13-32-4)25(19)16-10-8-9-11-17(16)27(23(25)30)24(31)33-6-2/h8-11H,5-7,12-14,26H2,1-4H3. The van der Waals surface area contributed by atoms with Crippen LogP contribution in [0.2, 0.25) is 0 Å². The van der Waals surface area contributed by atoms with Crippen LogP contribution in [0.25, 0.3) is 0 Å². The number of para-hydroxylation sites is 1. The van der Waals surface area contributed by atoms with Gasteiger partial charge in [-0.25, -0.2) is 19.3 Å².